The number of urea groups is 1. The van der Waals surface area contributed by atoms with Crippen LogP contribution in [0.3, 0.4) is 0 Å². The van der Waals surface area contributed by atoms with Crippen LogP contribution in [-0.4, -0.2) is 26.6 Å². The third-order valence-corrected chi connectivity index (χ3v) is 4.33. The van der Waals surface area contributed by atoms with E-state index in [-0.39, 0.29) is 12.5 Å². The van der Waals surface area contributed by atoms with Crippen LogP contribution >= 0.6 is 0 Å². The summed E-state index contributed by atoms with van der Waals surface area (Å²) >= 11 is 0. The summed E-state index contributed by atoms with van der Waals surface area (Å²) in [6, 6.07) is 12.3. The maximum absolute atomic E-state index is 12.8. The van der Waals surface area contributed by atoms with E-state index < -0.39 is 11.6 Å². The zero-order valence-corrected chi connectivity index (χ0v) is 13.5. The van der Waals surface area contributed by atoms with Gasteiger partial charge in [0.25, 0.3) is 5.91 Å². The first-order chi connectivity index (χ1) is 12.1. The molecular weight excluding hydrogens is 320 g/mol. The highest BCUT2D eigenvalue weighted by atomic mass is 16.3. The molecular formula is C18H16N4O3. The number of carbonyl (C=O) groups is 2. The Morgan fingerprint density at radius 1 is 1.16 bits per heavy atom. The molecule has 0 saturated carbocycles. The predicted molar refractivity (Wildman–Crippen MR) is 88.7 cm³/mol. The molecule has 0 unspecified atom stereocenters. The van der Waals surface area contributed by atoms with Gasteiger partial charge in [0.1, 0.15) is 5.76 Å². The molecule has 1 fully saturated rings. The van der Waals surface area contributed by atoms with Crippen molar-refractivity contribution in [1.29, 1.82) is 0 Å². The van der Waals surface area contributed by atoms with Crippen molar-refractivity contribution in [2.75, 3.05) is 0 Å². The summed E-state index contributed by atoms with van der Waals surface area (Å²) in [6.07, 6.45) is 5.04. The number of aromatic nitrogens is 2. The Morgan fingerprint density at radius 3 is 2.60 bits per heavy atom. The van der Waals surface area contributed by atoms with Gasteiger partial charge in [-0.15, -0.1) is 0 Å². The van der Waals surface area contributed by atoms with Crippen molar-refractivity contribution in [2.45, 2.75) is 19.0 Å². The molecule has 3 aromatic rings. The lowest BCUT2D eigenvalue weighted by molar-refractivity contribution is -0.132. The van der Waals surface area contributed by atoms with Gasteiger partial charge in [-0.05, 0) is 42.8 Å². The Bertz CT molecular complexity index is 900. The number of furan rings is 1. The number of nitrogens with one attached hydrogen (secondary N) is 1. The van der Waals surface area contributed by atoms with Crippen molar-refractivity contribution in [2.24, 2.45) is 0 Å². The van der Waals surface area contributed by atoms with Crippen LogP contribution < -0.4 is 5.32 Å². The van der Waals surface area contributed by atoms with E-state index >= 15 is 0 Å². The van der Waals surface area contributed by atoms with Crippen LogP contribution in [0.25, 0.3) is 5.69 Å². The average Bonchev–Trinajstić information content (AvgIpc) is 3.35. The molecule has 1 saturated heterocycles. The van der Waals surface area contributed by atoms with E-state index in [0.29, 0.717) is 5.76 Å². The Labute approximate surface area is 143 Å². The first kappa shape index (κ1) is 15.2. The van der Waals surface area contributed by atoms with Crippen LogP contribution in [0.4, 0.5) is 4.79 Å². The molecule has 1 aromatic carbocycles. The maximum Gasteiger partial charge on any atom is 0.325 e. The molecule has 1 N–H and O–H groups in total. The van der Waals surface area contributed by atoms with Crippen molar-refractivity contribution in [3.05, 3.63) is 72.4 Å². The fraction of sp³-hybridized carbons (Fsp3) is 0.167. The molecule has 0 radical (unpaired) electrons. The van der Waals surface area contributed by atoms with Gasteiger partial charge >= 0.3 is 6.03 Å². The van der Waals surface area contributed by atoms with Gasteiger partial charge < -0.3 is 9.73 Å². The van der Waals surface area contributed by atoms with Gasteiger partial charge in [-0.1, -0.05) is 12.1 Å². The minimum absolute atomic E-state index is 0.195. The molecule has 0 aliphatic carbocycles. The fourth-order valence-electron chi connectivity index (χ4n) is 2.93. The number of imide groups is 1. The second-order valence-electron chi connectivity index (χ2n) is 6.04. The summed E-state index contributed by atoms with van der Waals surface area (Å²) in [6.45, 7) is 1.84. The number of carbonyl (C=O) groups excluding carboxylic acids is 2. The predicted octanol–water partition coefficient (Wildman–Crippen LogP) is 2.43. The van der Waals surface area contributed by atoms with Gasteiger partial charge in [0, 0.05) is 12.4 Å². The van der Waals surface area contributed by atoms with Crippen molar-refractivity contribution in [3.8, 4) is 5.69 Å². The molecule has 4 rings (SSSR count). The van der Waals surface area contributed by atoms with E-state index in [9.17, 15) is 9.59 Å². The summed E-state index contributed by atoms with van der Waals surface area (Å²) in [5, 5.41) is 6.88. The summed E-state index contributed by atoms with van der Waals surface area (Å²) in [5.74, 6) is 0.0889. The third kappa shape index (κ3) is 2.50. The van der Waals surface area contributed by atoms with E-state index in [4.69, 9.17) is 4.42 Å². The molecule has 3 heterocycles. The average molecular weight is 336 g/mol. The van der Waals surface area contributed by atoms with Crippen molar-refractivity contribution in [1.82, 2.24) is 20.0 Å². The Balaban J connectivity index is 1.55. The number of hydrogen-bond acceptors (Lipinski definition) is 4. The molecule has 3 amide bonds. The molecule has 7 nitrogen and oxygen atoms in total. The first-order valence-electron chi connectivity index (χ1n) is 7.85. The number of benzene rings is 1. The van der Waals surface area contributed by atoms with Crippen molar-refractivity contribution in [3.63, 3.8) is 0 Å². The minimum Gasteiger partial charge on any atom is -0.466 e. The van der Waals surface area contributed by atoms with E-state index in [2.05, 4.69) is 10.4 Å². The zero-order valence-electron chi connectivity index (χ0n) is 13.5. The van der Waals surface area contributed by atoms with Gasteiger partial charge in [-0.3, -0.25) is 9.69 Å². The molecule has 7 heteroatoms. The summed E-state index contributed by atoms with van der Waals surface area (Å²) in [5.41, 5.74) is 0.588. The molecule has 1 aliphatic heterocycles. The highest BCUT2D eigenvalue weighted by molar-refractivity contribution is 6.06. The number of hydrogen-bond donors (Lipinski definition) is 1. The molecule has 0 spiro atoms. The molecule has 25 heavy (non-hydrogen) atoms. The van der Waals surface area contributed by atoms with Crippen molar-refractivity contribution < 1.29 is 14.0 Å². The SMILES string of the molecule is C[C@]1(c2ccco2)NC(=O)N(Cc2ccc(-n3cccn3)cc2)C1=O. The molecule has 2 aromatic heterocycles. The quantitative estimate of drug-likeness (QED) is 0.742. The van der Waals surface area contributed by atoms with Crippen LogP contribution in [0.2, 0.25) is 0 Å². The van der Waals surface area contributed by atoms with Crippen LogP contribution in [0.1, 0.15) is 18.2 Å². The smallest absolute Gasteiger partial charge is 0.325 e. The van der Waals surface area contributed by atoms with E-state index in [1.54, 1.807) is 29.9 Å². The number of nitrogens with zero attached hydrogens (tertiary/aromatic N) is 3. The Hall–Kier alpha value is -3.35. The van der Waals surface area contributed by atoms with Gasteiger partial charge in [0.2, 0.25) is 0 Å². The van der Waals surface area contributed by atoms with Crippen LogP contribution in [-0.2, 0) is 16.9 Å². The highest BCUT2D eigenvalue weighted by Gasteiger charge is 2.50. The highest BCUT2D eigenvalue weighted by Crippen LogP contribution is 2.30. The third-order valence-electron chi connectivity index (χ3n) is 4.33. The molecule has 0 bridgehead atoms. The zero-order chi connectivity index (χ0) is 17.4. The maximum atomic E-state index is 12.8. The largest absolute Gasteiger partial charge is 0.466 e. The summed E-state index contributed by atoms with van der Waals surface area (Å²) in [4.78, 5) is 26.3. The standard InChI is InChI=1S/C18H16N4O3/c1-18(15-4-2-11-25-15)16(23)21(17(24)20-18)12-13-5-7-14(8-6-13)22-10-3-9-19-22/h2-11H,12H2,1H3,(H,20,24)/t18-/m1/s1. The van der Waals surface area contributed by atoms with Gasteiger partial charge in [-0.2, -0.15) is 5.10 Å². The Morgan fingerprint density at radius 2 is 1.96 bits per heavy atom. The topological polar surface area (TPSA) is 80.4 Å². The van der Waals surface area contributed by atoms with Crippen LogP contribution in [0, 0.1) is 0 Å². The molecule has 126 valence electrons. The van der Waals surface area contributed by atoms with Crippen LogP contribution in [0.5, 0.6) is 0 Å². The van der Waals surface area contributed by atoms with Gasteiger partial charge in [-0.25, -0.2) is 9.48 Å². The van der Waals surface area contributed by atoms with Gasteiger partial charge in [0.15, 0.2) is 5.54 Å². The lowest BCUT2D eigenvalue weighted by Crippen LogP contribution is -2.40. The Kier molecular flexibility index (Phi) is 3.42. The lowest BCUT2D eigenvalue weighted by Gasteiger charge is -2.19. The molecule has 1 aliphatic rings. The second kappa shape index (κ2) is 5.62. The second-order valence-corrected chi connectivity index (χ2v) is 6.04. The summed E-state index contributed by atoms with van der Waals surface area (Å²) in [7, 11) is 0. The normalized spacial score (nSPS) is 20.1. The monoisotopic (exact) mass is 336 g/mol. The van der Waals surface area contributed by atoms with E-state index in [0.717, 1.165) is 11.3 Å². The summed E-state index contributed by atoms with van der Waals surface area (Å²) < 4.78 is 7.06. The number of rotatable bonds is 4. The first-order valence-corrected chi connectivity index (χ1v) is 7.85. The minimum atomic E-state index is -1.17. The van der Waals surface area contributed by atoms with Crippen molar-refractivity contribution >= 4 is 11.9 Å². The van der Waals surface area contributed by atoms with E-state index in [1.165, 1.54) is 11.2 Å². The number of amides is 3. The molecule has 1 atom stereocenters. The van der Waals surface area contributed by atoms with E-state index in [1.807, 2.05) is 36.5 Å². The lowest BCUT2D eigenvalue weighted by atomic mass is 9.99. The fourth-order valence-corrected chi connectivity index (χ4v) is 2.93. The van der Waals surface area contributed by atoms with Gasteiger partial charge in [0.05, 0.1) is 18.5 Å². The van der Waals surface area contributed by atoms with Crippen LogP contribution in [0.15, 0.2) is 65.5 Å².